The summed E-state index contributed by atoms with van der Waals surface area (Å²) in [5.41, 5.74) is 1.97. The van der Waals surface area contributed by atoms with Crippen molar-refractivity contribution in [3.63, 3.8) is 0 Å². The molecule has 188 valence electrons. The minimum absolute atomic E-state index is 0.0488. The number of ether oxygens (including phenoxy) is 1. The van der Waals surface area contributed by atoms with E-state index in [1.54, 1.807) is 46.1 Å². The van der Waals surface area contributed by atoms with Gasteiger partial charge in [0.2, 0.25) is 5.91 Å². The molecule has 3 rings (SSSR count). The van der Waals surface area contributed by atoms with Gasteiger partial charge in [-0.15, -0.1) is 0 Å². The van der Waals surface area contributed by atoms with Crippen molar-refractivity contribution in [3.05, 3.63) is 46.9 Å². The van der Waals surface area contributed by atoms with Crippen LogP contribution in [-0.4, -0.2) is 64.7 Å². The summed E-state index contributed by atoms with van der Waals surface area (Å²) < 4.78 is 5.24. The van der Waals surface area contributed by atoms with Gasteiger partial charge in [0, 0.05) is 18.8 Å². The molecule has 5 N–H and O–H groups in total. The van der Waals surface area contributed by atoms with E-state index in [4.69, 9.17) is 21.7 Å². The standard InChI is InChI=1S/C23H26ClN9O3/c1-11(25)18-20(27-4)19(33-23(32-18)36-5)13-8-16(30-21(34)12(2)26-3)29-17(9-13)31-22(35)15-7-6-14(24)10-28-15/h6-10,12,25-27H,1-5H3,(H2,29,30,31,34,35). The van der Waals surface area contributed by atoms with Gasteiger partial charge in [0.25, 0.3) is 5.91 Å². The molecule has 0 aliphatic heterocycles. The number of nitrogens with one attached hydrogen (secondary N) is 5. The number of carbonyl (C=O) groups excluding carboxylic acids is 2. The smallest absolute Gasteiger partial charge is 0.317 e. The first kappa shape index (κ1) is 26.4. The number of halogens is 1. The van der Waals surface area contributed by atoms with E-state index in [1.165, 1.54) is 19.4 Å². The topological polar surface area (TPSA) is 167 Å². The fourth-order valence-corrected chi connectivity index (χ4v) is 3.21. The molecular formula is C23H26ClN9O3. The van der Waals surface area contributed by atoms with Crippen LogP contribution in [-0.2, 0) is 4.79 Å². The predicted molar refractivity (Wildman–Crippen MR) is 138 cm³/mol. The zero-order chi connectivity index (χ0) is 26.4. The van der Waals surface area contributed by atoms with E-state index in [2.05, 4.69) is 41.2 Å². The Hall–Kier alpha value is -4.16. The molecule has 0 aromatic carbocycles. The van der Waals surface area contributed by atoms with Crippen molar-refractivity contribution in [1.29, 1.82) is 5.41 Å². The van der Waals surface area contributed by atoms with E-state index in [1.807, 2.05) is 0 Å². The molecule has 0 fully saturated rings. The van der Waals surface area contributed by atoms with E-state index < -0.39 is 11.9 Å². The summed E-state index contributed by atoms with van der Waals surface area (Å²) in [4.78, 5) is 42.4. The monoisotopic (exact) mass is 511 g/mol. The molecule has 0 aliphatic carbocycles. The Labute approximate surface area is 212 Å². The number of likely N-dealkylation sites (N-methyl/N-ethyl adjacent to an activating group) is 1. The Kier molecular flexibility index (Phi) is 8.46. The molecule has 0 saturated carbocycles. The second kappa shape index (κ2) is 11.5. The molecule has 0 radical (unpaired) electrons. The Morgan fingerprint density at radius 2 is 1.78 bits per heavy atom. The van der Waals surface area contributed by atoms with Crippen LogP contribution in [0.25, 0.3) is 11.3 Å². The van der Waals surface area contributed by atoms with Crippen molar-refractivity contribution in [2.45, 2.75) is 19.9 Å². The van der Waals surface area contributed by atoms with Gasteiger partial charge < -0.3 is 31.4 Å². The third kappa shape index (κ3) is 6.09. The molecule has 12 nitrogen and oxygen atoms in total. The van der Waals surface area contributed by atoms with E-state index in [0.29, 0.717) is 27.7 Å². The minimum atomic E-state index is -0.526. The Bertz CT molecular complexity index is 1300. The normalized spacial score (nSPS) is 11.4. The van der Waals surface area contributed by atoms with Gasteiger partial charge in [-0.3, -0.25) is 9.59 Å². The summed E-state index contributed by atoms with van der Waals surface area (Å²) in [5, 5.41) is 19.8. The fraction of sp³-hybridized carbons (Fsp3) is 0.261. The lowest BCUT2D eigenvalue weighted by atomic mass is 10.1. The third-order valence-electron chi connectivity index (χ3n) is 5.05. The first-order valence-electron chi connectivity index (χ1n) is 10.8. The summed E-state index contributed by atoms with van der Waals surface area (Å²) >= 11 is 5.86. The first-order chi connectivity index (χ1) is 17.2. The predicted octanol–water partition coefficient (Wildman–Crippen LogP) is 2.82. The van der Waals surface area contributed by atoms with E-state index >= 15 is 0 Å². The molecule has 0 bridgehead atoms. The van der Waals surface area contributed by atoms with Crippen LogP contribution in [0, 0.1) is 5.41 Å². The summed E-state index contributed by atoms with van der Waals surface area (Å²) in [5.74, 6) is -0.549. The zero-order valence-corrected chi connectivity index (χ0v) is 21.1. The molecule has 0 saturated heterocycles. The van der Waals surface area contributed by atoms with Crippen molar-refractivity contribution in [3.8, 4) is 17.3 Å². The number of anilines is 3. The lowest BCUT2D eigenvalue weighted by Gasteiger charge is -2.16. The molecule has 3 aromatic heterocycles. The van der Waals surface area contributed by atoms with Crippen LogP contribution in [0.1, 0.15) is 30.0 Å². The zero-order valence-electron chi connectivity index (χ0n) is 20.4. The minimum Gasteiger partial charge on any atom is -0.467 e. The van der Waals surface area contributed by atoms with Crippen LogP contribution >= 0.6 is 11.6 Å². The van der Waals surface area contributed by atoms with E-state index in [-0.39, 0.29) is 35.0 Å². The maximum Gasteiger partial charge on any atom is 0.317 e. The Morgan fingerprint density at radius 1 is 1.08 bits per heavy atom. The number of amides is 2. The van der Waals surface area contributed by atoms with Crippen molar-refractivity contribution < 1.29 is 14.3 Å². The number of hydrogen-bond donors (Lipinski definition) is 5. The molecule has 2 amide bonds. The number of pyridine rings is 2. The van der Waals surface area contributed by atoms with Gasteiger partial charge in [-0.2, -0.15) is 9.97 Å². The second-order valence-electron chi connectivity index (χ2n) is 7.60. The van der Waals surface area contributed by atoms with E-state index in [0.717, 1.165) is 0 Å². The number of nitrogens with zero attached hydrogens (tertiary/aromatic N) is 4. The third-order valence-corrected chi connectivity index (χ3v) is 5.28. The van der Waals surface area contributed by atoms with Crippen molar-refractivity contribution in [2.24, 2.45) is 0 Å². The van der Waals surface area contributed by atoms with Crippen LogP contribution in [0.4, 0.5) is 17.3 Å². The van der Waals surface area contributed by atoms with Gasteiger partial charge >= 0.3 is 6.01 Å². The quantitative estimate of drug-likeness (QED) is 0.271. The first-order valence-corrected chi connectivity index (χ1v) is 11.2. The highest BCUT2D eigenvalue weighted by molar-refractivity contribution is 6.30. The molecule has 3 heterocycles. The molecule has 1 unspecified atom stereocenters. The van der Waals surface area contributed by atoms with Gasteiger partial charge in [-0.25, -0.2) is 9.97 Å². The molecule has 0 aliphatic rings. The summed E-state index contributed by atoms with van der Waals surface area (Å²) in [6.45, 7) is 3.29. The van der Waals surface area contributed by atoms with Crippen LogP contribution in [0.15, 0.2) is 30.5 Å². The lowest BCUT2D eigenvalue weighted by Crippen LogP contribution is -2.35. The highest BCUT2D eigenvalue weighted by Crippen LogP contribution is 2.33. The average molecular weight is 512 g/mol. The molecule has 36 heavy (non-hydrogen) atoms. The molecular weight excluding hydrogens is 486 g/mol. The number of hydrogen-bond acceptors (Lipinski definition) is 10. The number of aromatic nitrogens is 4. The van der Waals surface area contributed by atoms with E-state index in [9.17, 15) is 9.59 Å². The summed E-state index contributed by atoms with van der Waals surface area (Å²) in [7, 11) is 4.75. The maximum absolute atomic E-state index is 12.8. The SMILES string of the molecule is CNc1c(C(C)=N)nc(OC)nc1-c1cc(NC(=O)c2ccc(Cl)cn2)nc(NC(=O)C(C)NC)c1. The van der Waals surface area contributed by atoms with Crippen LogP contribution in [0.2, 0.25) is 5.02 Å². The second-order valence-corrected chi connectivity index (χ2v) is 8.04. The molecule has 13 heteroatoms. The van der Waals surface area contributed by atoms with Gasteiger partial charge in [0.1, 0.15) is 28.7 Å². The van der Waals surface area contributed by atoms with Gasteiger partial charge in [0.15, 0.2) is 0 Å². The van der Waals surface area contributed by atoms with Gasteiger partial charge in [-0.1, -0.05) is 11.6 Å². The maximum atomic E-state index is 12.8. The number of carbonyl (C=O) groups is 2. The largest absolute Gasteiger partial charge is 0.467 e. The van der Waals surface area contributed by atoms with Crippen molar-refractivity contribution in [1.82, 2.24) is 25.3 Å². The van der Waals surface area contributed by atoms with Crippen molar-refractivity contribution >= 4 is 46.5 Å². The lowest BCUT2D eigenvalue weighted by molar-refractivity contribution is -0.117. The fourth-order valence-electron chi connectivity index (χ4n) is 3.10. The van der Waals surface area contributed by atoms with Crippen LogP contribution < -0.4 is 26.0 Å². The Balaban J connectivity index is 2.14. The van der Waals surface area contributed by atoms with Crippen LogP contribution in [0.5, 0.6) is 6.01 Å². The van der Waals surface area contributed by atoms with Gasteiger partial charge in [0.05, 0.1) is 29.6 Å². The highest BCUT2D eigenvalue weighted by Gasteiger charge is 2.20. The molecule has 3 aromatic rings. The number of methoxy groups -OCH3 is 1. The average Bonchev–Trinajstić information content (AvgIpc) is 2.87. The molecule has 1 atom stereocenters. The highest BCUT2D eigenvalue weighted by atomic mass is 35.5. The number of rotatable bonds is 9. The van der Waals surface area contributed by atoms with Gasteiger partial charge in [-0.05, 0) is 45.2 Å². The summed E-state index contributed by atoms with van der Waals surface area (Å²) in [6, 6.07) is 5.76. The van der Waals surface area contributed by atoms with Crippen LogP contribution in [0.3, 0.4) is 0 Å². The molecule has 0 spiro atoms. The Morgan fingerprint density at radius 3 is 2.33 bits per heavy atom. The van der Waals surface area contributed by atoms with Crippen molar-refractivity contribution in [2.75, 3.05) is 37.2 Å². The summed E-state index contributed by atoms with van der Waals surface area (Å²) in [6.07, 6.45) is 1.36.